The molecule has 1 rings (SSSR count). The van der Waals surface area contributed by atoms with E-state index in [0.717, 1.165) is 24.3 Å². The molecule has 90 valence electrons. The number of ether oxygens (including phenoxy) is 1. The Morgan fingerprint density at radius 3 is 2.56 bits per heavy atom. The predicted octanol–water partition coefficient (Wildman–Crippen LogP) is 3.49. The Kier molecular flexibility index (Phi) is 6.66. The average Bonchev–Trinajstić information content (AvgIpc) is 2.34. The number of rotatable bonds is 8. The molecule has 0 aliphatic carbocycles. The summed E-state index contributed by atoms with van der Waals surface area (Å²) >= 11 is 0. The van der Waals surface area contributed by atoms with Crippen molar-refractivity contribution in [1.82, 2.24) is 0 Å². The molecule has 2 N–H and O–H groups in total. The molecule has 2 nitrogen and oxygen atoms in total. The molecule has 16 heavy (non-hydrogen) atoms. The lowest BCUT2D eigenvalue weighted by atomic mass is 10.1. The van der Waals surface area contributed by atoms with Crippen molar-refractivity contribution in [3.8, 4) is 5.75 Å². The summed E-state index contributed by atoms with van der Waals surface area (Å²) in [7, 11) is 0. The van der Waals surface area contributed by atoms with Gasteiger partial charge in [0.2, 0.25) is 0 Å². The van der Waals surface area contributed by atoms with Crippen molar-refractivity contribution in [2.45, 2.75) is 45.6 Å². The van der Waals surface area contributed by atoms with Crippen LogP contribution in [-0.4, -0.2) is 6.61 Å². The van der Waals surface area contributed by atoms with Crippen LogP contribution >= 0.6 is 0 Å². The van der Waals surface area contributed by atoms with Gasteiger partial charge in [0.25, 0.3) is 0 Å². The molecule has 0 saturated carbocycles. The zero-order chi connectivity index (χ0) is 11.6. The van der Waals surface area contributed by atoms with Gasteiger partial charge in [0, 0.05) is 12.1 Å². The van der Waals surface area contributed by atoms with Crippen molar-refractivity contribution in [2.75, 3.05) is 6.61 Å². The predicted molar refractivity (Wildman–Crippen MR) is 68.6 cm³/mol. The first-order valence-corrected chi connectivity index (χ1v) is 6.29. The molecule has 0 bridgehead atoms. The van der Waals surface area contributed by atoms with E-state index in [0.29, 0.717) is 6.54 Å². The summed E-state index contributed by atoms with van der Waals surface area (Å²) in [6.45, 7) is 3.58. The lowest BCUT2D eigenvalue weighted by Gasteiger charge is -2.09. The van der Waals surface area contributed by atoms with Gasteiger partial charge >= 0.3 is 0 Å². The van der Waals surface area contributed by atoms with Gasteiger partial charge in [-0.15, -0.1) is 0 Å². The molecule has 0 aliphatic rings. The fourth-order valence-corrected chi connectivity index (χ4v) is 1.70. The van der Waals surface area contributed by atoms with Crippen molar-refractivity contribution < 1.29 is 4.74 Å². The van der Waals surface area contributed by atoms with Gasteiger partial charge in [0.15, 0.2) is 0 Å². The Morgan fingerprint density at radius 1 is 1.06 bits per heavy atom. The van der Waals surface area contributed by atoms with Crippen LogP contribution in [0.2, 0.25) is 0 Å². The molecule has 0 spiro atoms. The Labute approximate surface area is 98.8 Å². The summed E-state index contributed by atoms with van der Waals surface area (Å²) < 4.78 is 5.73. The minimum atomic E-state index is 0.548. The molecule has 1 aromatic carbocycles. The highest BCUT2D eigenvalue weighted by atomic mass is 16.5. The van der Waals surface area contributed by atoms with Gasteiger partial charge in [0.05, 0.1) is 6.61 Å². The van der Waals surface area contributed by atoms with E-state index in [9.17, 15) is 0 Å². The number of benzene rings is 1. The van der Waals surface area contributed by atoms with Crippen LogP contribution in [0.1, 0.15) is 44.6 Å². The maximum atomic E-state index is 5.73. The van der Waals surface area contributed by atoms with E-state index in [1.54, 1.807) is 0 Å². The van der Waals surface area contributed by atoms with Gasteiger partial charge in [-0.25, -0.2) is 0 Å². The number of hydrogen-bond donors (Lipinski definition) is 1. The molecule has 0 aliphatic heterocycles. The Morgan fingerprint density at radius 2 is 1.81 bits per heavy atom. The van der Waals surface area contributed by atoms with Gasteiger partial charge in [-0.2, -0.15) is 0 Å². The maximum absolute atomic E-state index is 5.73. The van der Waals surface area contributed by atoms with Crippen LogP contribution < -0.4 is 10.5 Å². The topological polar surface area (TPSA) is 35.2 Å². The van der Waals surface area contributed by atoms with Gasteiger partial charge in [-0.05, 0) is 12.5 Å². The van der Waals surface area contributed by atoms with Crippen LogP contribution in [0.5, 0.6) is 5.75 Å². The highest BCUT2D eigenvalue weighted by Crippen LogP contribution is 2.17. The van der Waals surface area contributed by atoms with Gasteiger partial charge in [-0.3, -0.25) is 0 Å². The van der Waals surface area contributed by atoms with Crippen molar-refractivity contribution in [3.05, 3.63) is 29.8 Å². The first-order valence-electron chi connectivity index (χ1n) is 6.29. The summed E-state index contributed by atoms with van der Waals surface area (Å²) in [5.41, 5.74) is 6.73. The molecule has 2 heteroatoms. The molecule has 0 unspecified atom stereocenters. The summed E-state index contributed by atoms with van der Waals surface area (Å²) in [4.78, 5) is 0. The van der Waals surface area contributed by atoms with Gasteiger partial charge in [0.1, 0.15) is 5.75 Å². The maximum Gasteiger partial charge on any atom is 0.123 e. The highest BCUT2D eigenvalue weighted by molar-refractivity contribution is 5.32. The van der Waals surface area contributed by atoms with E-state index in [-0.39, 0.29) is 0 Å². The summed E-state index contributed by atoms with van der Waals surface area (Å²) in [5, 5.41) is 0. The molecule has 0 radical (unpaired) electrons. The van der Waals surface area contributed by atoms with Gasteiger partial charge in [-0.1, -0.05) is 50.8 Å². The highest BCUT2D eigenvalue weighted by Gasteiger charge is 1.99. The van der Waals surface area contributed by atoms with E-state index in [2.05, 4.69) is 6.92 Å². The Hall–Kier alpha value is -1.02. The average molecular weight is 221 g/mol. The minimum absolute atomic E-state index is 0.548. The molecule has 0 atom stereocenters. The largest absolute Gasteiger partial charge is 0.493 e. The first-order chi connectivity index (χ1) is 7.88. The van der Waals surface area contributed by atoms with Crippen molar-refractivity contribution in [1.29, 1.82) is 0 Å². The van der Waals surface area contributed by atoms with Crippen LogP contribution in [0.4, 0.5) is 0 Å². The van der Waals surface area contributed by atoms with E-state index in [1.807, 2.05) is 24.3 Å². The monoisotopic (exact) mass is 221 g/mol. The fraction of sp³-hybridized carbons (Fsp3) is 0.571. The third-order valence-corrected chi connectivity index (χ3v) is 2.70. The summed E-state index contributed by atoms with van der Waals surface area (Å²) in [6, 6.07) is 8.00. The standard InChI is InChI=1S/C14H23NO/c1-2-3-4-5-8-11-16-14-10-7-6-9-13(14)12-15/h6-7,9-10H,2-5,8,11-12,15H2,1H3. The number of unbranched alkanes of at least 4 members (excludes halogenated alkanes) is 4. The number of para-hydroxylation sites is 1. The number of hydrogen-bond acceptors (Lipinski definition) is 2. The van der Waals surface area contributed by atoms with E-state index in [4.69, 9.17) is 10.5 Å². The zero-order valence-electron chi connectivity index (χ0n) is 10.2. The fourth-order valence-electron chi connectivity index (χ4n) is 1.70. The summed E-state index contributed by atoms with van der Waals surface area (Å²) in [6.07, 6.45) is 6.34. The lowest BCUT2D eigenvalue weighted by molar-refractivity contribution is 0.301. The molecule has 0 amide bonds. The lowest BCUT2D eigenvalue weighted by Crippen LogP contribution is -2.03. The van der Waals surface area contributed by atoms with Crippen molar-refractivity contribution >= 4 is 0 Å². The van der Waals surface area contributed by atoms with E-state index >= 15 is 0 Å². The SMILES string of the molecule is CCCCCCCOc1ccccc1CN. The molecular weight excluding hydrogens is 198 g/mol. The smallest absolute Gasteiger partial charge is 0.123 e. The third-order valence-electron chi connectivity index (χ3n) is 2.70. The van der Waals surface area contributed by atoms with Crippen LogP contribution in [0.3, 0.4) is 0 Å². The minimum Gasteiger partial charge on any atom is -0.493 e. The molecular formula is C14H23NO. The third kappa shape index (κ3) is 4.67. The second-order valence-electron chi connectivity index (χ2n) is 4.07. The molecule has 1 aromatic rings. The van der Waals surface area contributed by atoms with E-state index < -0.39 is 0 Å². The Balaban J connectivity index is 2.21. The van der Waals surface area contributed by atoms with Crippen LogP contribution in [-0.2, 0) is 6.54 Å². The Bertz CT molecular complexity index is 286. The first kappa shape index (κ1) is 13.0. The normalized spacial score (nSPS) is 10.4. The van der Waals surface area contributed by atoms with E-state index in [1.165, 1.54) is 25.7 Å². The number of nitrogens with two attached hydrogens (primary N) is 1. The van der Waals surface area contributed by atoms with Crippen molar-refractivity contribution in [3.63, 3.8) is 0 Å². The molecule has 0 fully saturated rings. The quantitative estimate of drug-likeness (QED) is 0.682. The molecule has 0 saturated heterocycles. The molecule has 0 aromatic heterocycles. The second kappa shape index (κ2) is 8.17. The van der Waals surface area contributed by atoms with Crippen LogP contribution in [0, 0.1) is 0 Å². The van der Waals surface area contributed by atoms with Gasteiger partial charge < -0.3 is 10.5 Å². The summed E-state index contributed by atoms with van der Waals surface area (Å²) in [5.74, 6) is 0.945. The van der Waals surface area contributed by atoms with Crippen LogP contribution in [0.25, 0.3) is 0 Å². The van der Waals surface area contributed by atoms with Crippen molar-refractivity contribution in [2.24, 2.45) is 5.73 Å². The second-order valence-corrected chi connectivity index (χ2v) is 4.07. The van der Waals surface area contributed by atoms with Crippen LogP contribution in [0.15, 0.2) is 24.3 Å². The zero-order valence-corrected chi connectivity index (χ0v) is 10.2. The molecule has 0 heterocycles.